The number of ether oxygens (including phenoxy) is 1. The normalized spacial score (nSPS) is 27.2. The van der Waals surface area contributed by atoms with Gasteiger partial charge in [0.05, 0.1) is 18.4 Å². The van der Waals surface area contributed by atoms with Crippen molar-refractivity contribution in [2.24, 2.45) is 0 Å². The number of thioether (sulfide) groups is 1. The monoisotopic (exact) mass is 600 g/mol. The van der Waals surface area contributed by atoms with Gasteiger partial charge >= 0.3 is 6.18 Å². The second-order valence-electron chi connectivity index (χ2n) is 9.82. The SMILES string of the molecule is CN(CC(F)(F)F)C(=O)C(S[C@@H]1O[C@H](CO)[C@H](O)[C@H](n2cc(-c3cc(F)c(F)c(F)c3)nn2)[C@H]1O)C1(O)CCC1. The van der Waals surface area contributed by atoms with Crippen LogP contribution in [0, 0.1) is 17.5 Å². The molecule has 2 heterocycles. The molecular formula is C23H26F6N4O6S. The van der Waals surface area contributed by atoms with Crippen LogP contribution in [-0.4, -0.2) is 107 Å². The Morgan fingerprint density at radius 1 is 1.23 bits per heavy atom. The maximum Gasteiger partial charge on any atom is 0.406 e. The molecule has 2 fully saturated rings. The zero-order valence-electron chi connectivity index (χ0n) is 20.8. The molecule has 1 aliphatic heterocycles. The van der Waals surface area contributed by atoms with E-state index in [0.29, 0.717) is 35.2 Å². The van der Waals surface area contributed by atoms with Gasteiger partial charge in [-0.2, -0.15) is 13.2 Å². The molecule has 1 amide bonds. The van der Waals surface area contributed by atoms with Gasteiger partial charge in [-0.3, -0.25) is 4.79 Å². The second-order valence-corrected chi connectivity index (χ2v) is 11.0. The van der Waals surface area contributed by atoms with Crippen molar-refractivity contribution in [3.05, 3.63) is 35.8 Å². The van der Waals surface area contributed by atoms with E-state index in [0.717, 1.165) is 17.9 Å². The number of aromatic nitrogens is 3. The average molecular weight is 601 g/mol. The van der Waals surface area contributed by atoms with Crippen molar-refractivity contribution >= 4 is 17.7 Å². The summed E-state index contributed by atoms with van der Waals surface area (Å²) in [4.78, 5) is 13.4. The Morgan fingerprint density at radius 3 is 2.38 bits per heavy atom. The molecule has 4 rings (SSSR count). The molecule has 2 aromatic rings. The Hall–Kier alpha value is -2.44. The van der Waals surface area contributed by atoms with Crippen LogP contribution in [0.3, 0.4) is 0 Å². The van der Waals surface area contributed by atoms with Gasteiger partial charge in [0.15, 0.2) is 17.5 Å². The molecule has 0 spiro atoms. The molecule has 1 unspecified atom stereocenters. The molecule has 0 bridgehead atoms. The van der Waals surface area contributed by atoms with Gasteiger partial charge in [0.2, 0.25) is 5.91 Å². The Kier molecular flexibility index (Phi) is 8.73. The topological polar surface area (TPSA) is 141 Å². The zero-order valence-corrected chi connectivity index (χ0v) is 21.6. The Morgan fingerprint density at radius 2 is 1.85 bits per heavy atom. The minimum atomic E-state index is -4.71. The highest BCUT2D eigenvalue weighted by molar-refractivity contribution is 8.01. The van der Waals surface area contributed by atoms with E-state index in [9.17, 15) is 51.6 Å². The van der Waals surface area contributed by atoms with Crippen molar-refractivity contribution in [3.63, 3.8) is 0 Å². The van der Waals surface area contributed by atoms with Gasteiger partial charge in [0, 0.05) is 12.6 Å². The molecule has 10 nitrogen and oxygen atoms in total. The quantitative estimate of drug-likeness (QED) is 0.261. The van der Waals surface area contributed by atoms with E-state index < -0.39 is 83.3 Å². The van der Waals surface area contributed by atoms with E-state index >= 15 is 0 Å². The molecule has 6 atom stereocenters. The van der Waals surface area contributed by atoms with Gasteiger partial charge < -0.3 is 30.1 Å². The highest BCUT2D eigenvalue weighted by atomic mass is 32.2. The fraction of sp³-hybridized carbons (Fsp3) is 0.609. The number of rotatable bonds is 8. The molecule has 222 valence electrons. The minimum absolute atomic E-state index is 0.103. The summed E-state index contributed by atoms with van der Waals surface area (Å²) in [7, 11) is 0.921. The largest absolute Gasteiger partial charge is 0.406 e. The fourth-order valence-electron chi connectivity index (χ4n) is 4.65. The molecule has 1 aromatic carbocycles. The van der Waals surface area contributed by atoms with Gasteiger partial charge in [0.1, 0.15) is 47.3 Å². The Labute approximate surface area is 227 Å². The summed E-state index contributed by atoms with van der Waals surface area (Å²) >= 11 is 0.542. The number of nitrogens with zero attached hydrogens (tertiary/aromatic N) is 4. The predicted octanol–water partition coefficient (Wildman–Crippen LogP) is 1.38. The minimum Gasteiger partial charge on any atom is -0.394 e. The van der Waals surface area contributed by atoms with Crippen LogP contribution < -0.4 is 0 Å². The van der Waals surface area contributed by atoms with Gasteiger partial charge in [-0.15, -0.1) is 16.9 Å². The van der Waals surface area contributed by atoms with Crippen LogP contribution in [0.1, 0.15) is 25.3 Å². The number of hydrogen-bond acceptors (Lipinski definition) is 9. The highest BCUT2D eigenvalue weighted by Crippen LogP contribution is 2.45. The maximum atomic E-state index is 13.7. The van der Waals surface area contributed by atoms with E-state index in [1.165, 1.54) is 0 Å². The van der Waals surface area contributed by atoms with E-state index in [1.54, 1.807) is 0 Å². The first-order valence-corrected chi connectivity index (χ1v) is 13.0. The molecule has 0 radical (unpaired) electrons. The zero-order chi connectivity index (χ0) is 29.6. The van der Waals surface area contributed by atoms with E-state index in [4.69, 9.17) is 4.74 Å². The fourth-order valence-corrected chi connectivity index (χ4v) is 6.23. The lowest BCUT2D eigenvalue weighted by Gasteiger charge is -2.47. The lowest BCUT2D eigenvalue weighted by Crippen LogP contribution is -2.59. The summed E-state index contributed by atoms with van der Waals surface area (Å²) in [5, 5.41) is 48.7. The number of carbonyl (C=O) groups excluding carboxylic acids is 1. The lowest BCUT2D eigenvalue weighted by molar-refractivity contribution is -0.179. The molecular weight excluding hydrogens is 574 g/mol. The number of hydrogen-bond donors (Lipinski definition) is 4. The molecule has 2 aliphatic rings. The average Bonchev–Trinajstić information content (AvgIpc) is 3.33. The number of amides is 1. The number of aliphatic hydroxyl groups excluding tert-OH is 3. The summed E-state index contributed by atoms with van der Waals surface area (Å²) in [5.41, 5.74) is -3.54. The van der Waals surface area contributed by atoms with Crippen LogP contribution >= 0.6 is 11.8 Å². The van der Waals surface area contributed by atoms with Gasteiger partial charge in [-0.1, -0.05) is 5.21 Å². The van der Waals surface area contributed by atoms with E-state index in [-0.39, 0.29) is 24.1 Å². The van der Waals surface area contributed by atoms with Crippen molar-refractivity contribution in [1.29, 1.82) is 0 Å². The van der Waals surface area contributed by atoms with Crippen LogP contribution in [0.5, 0.6) is 0 Å². The van der Waals surface area contributed by atoms with Crippen molar-refractivity contribution in [3.8, 4) is 11.3 Å². The number of carbonyl (C=O) groups is 1. The highest BCUT2D eigenvalue weighted by Gasteiger charge is 2.53. The third kappa shape index (κ3) is 6.08. The number of alkyl halides is 3. The molecule has 4 N–H and O–H groups in total. The smallest absolute Gasteiger partial charge is 0.394 e. The third-order valence-corrected chi connectivity index (χ3v) is 8.51. The van der Waals surface area contributed by atoms with Gasteiger partial charge in [-0.25, -0.2) is 17.9 Å². The van der Waals surface area contributed by atoms with Crippen LogP contribution in [0.15, 0.2) is 18.3 Å². The summed E-state index contributed by atoms with van der Waals surface area (Å²) < 4.78 is 86.1. The van der Waals surface area contributed by atoms with Crippen molar-refractivity contribution < 1.29 is 56.3 Å². The number of benzene rings is 1. The molecule has 1 saturated carbocycles. The Balaban J connectivity index is 1.62. The summed E-state index contributed by atoms with van der Waals surface area (Å²) in [6.45, 7) is -2.37. The molecule has 1 saturated heterocycles. The van der Waals surface area contributed by atoms with Crippen molar-refractivity contribution in [2.75, 3.05) is 20.2 Å². The first kappa shape index (κ1) is 30.5. The maximum absolute atomic E-state index is 13.7. The number of aliphatic hydroxyl groups is 4. The standard InChI is InChI=1S/C23H26F6N4O6S/c1-32(9-23(27,28)29)20(37)19(22(38)3-2-4-22)40-21-18(36)16(17(35)14(8-34)39-21)33-7-13(30-31-33)10-5-11(24)15(26)12(25)6-10/h5-7,14,16-19,21,34-36,38H,2-4,8-9H2,1H3/t14-,16+,17+,18-,19?,21+/m1/s1. The van der Waals surface area contributed by atoms with Gasteiger partial charge in [0.25, 0.3) is 0 Å². The summed E-state index contributed by atoms with van der Waals surface area (Å²) in [6, 6.07) is -0.114. The molecule has 40 heavy (non-hydrogen) atoms. The summed E-state index contributed by atoms with van der Waals surface area (Å²) in [6.07, 6.45) is -7.65. The van der Waals surface area contributed by atoms with Crippen LogP contribution in [0.25, 0.3) is 11.3 Å². The van der Waals surface area contributed by atoms with Crippen LogP contribution in [0.2, 0.25) is 0 Å². The van der Waals surface area contributed by atoms with E-state index in [1.807, 2.05) is 0 Å². The second kappa shape index (κ2) is 11.4. The first-order chi connectivity index (χ1) is 18.6. The van der Waals surface area contributed by atoms with E-state index in [2.05, 4.69) is 10.3 Å². The number of halogens is 6. The van der Waals surface area contributed by atoms with Crippen molar-refractivity contribution in [2.45, 2.75) is 66.1 Å². The van der Waals surface area contributed by atoms with Crippen LogP contribution in [0.4, 0.5) is 26.3 Å². The molecule has 1 aromatic heterocycles. The van der Waals surface area contributed by atoms with Crippen molar-refractivity contribution in [1.82, 2.24) is 19.9 Å². The Bertz CT molecular complexity index is 1210. The molecule has 17 heteroatoms. The first-order valence-electron chi connectivity index (χ1n) is 12.0. The lowest BCUT2D eigenvalue weighted by atomic mass is 9.77. The van der Waals surface area contributed by atoms with Gasteiger partial charge in [-0.05, 0) is 31.4 Å². The summed E-state index contributed by atoms with van der Waals surface area (Å²) in [5.74, 6) is -5.75. The molecule has 1 aliphatic carbocycles. The predicted molar refractivity (Wildman–Crippen MR) is 126 cm³/mol. The third-order valence-electron chi connectivity index (χ3n) is 6.94. The van der Waals surface area contributed by atoms with Crippen LogP contribution in [-0.2, 0) is 9.53 Å².